The zero-order chi connectivity index (χ0) is 12.5. The second kappa shape index (κ2) is 8.14. The SMILES string of the molecule is CCCOCCC(NCC)c1cncc(F)c1. The molecule has 0 saturated carbocycles. The molecule has 1 unspecified atom stereocenters. The maximum atomic E-state index is 13.1. The first-order chi connectivity index (χ1) is 8.27. The van der Waals surface area contributed by atoms with Crippen LogP contribution < -0.4 is 5.32 Å². The molecule has 1 N–H and O–H groups in total. The van der Waals surface area contributed by atoms with Crippen molar-refractivity contribution < 1.29 is 9.13 Å². The lowest BCUT2D eigenvalue weighted by molar-refractivity contribution is 0.124. The molecule has 0 fully saturated rings. The fourth-order valence-corrected chi connectivity index (χ4v) is 1.70. The van der Waals surface area contributed by atoms with Crippen LogP contribution >= 0.6 is 0 Å². The highest BCUT2D eigenvalue weighted by molar-refractivity contribution is 5.15. The summed E-state index contributed by atoms with van der Waals surface area (Å²) in [6.45, 7) is 6.42. The predicted octanol–water partition coefficient (Wildman–Crippen LogP) is 2.69. The molecule has 17 heavy (non-hydrogen) atoms. The number of rotatable bonds is 8. The van der Waals surface area contributed by atoms with E-state index in [9.17, 15) is 4.39 Å². The first-order valence-corrected chi connectivity index (χ1v) is 6.19. The summed E-state index contributed by atoms with van der Waals surface area (Å²) in [5.41, 5.74) is 0.881. The van der Waals surface area contributed by atoms with E-state index in [1.807, 2.05) is 6.92 Å². The summed E-state index contributed by atoms with van der Waals surface area (Å²) in [5, 5.41) is 3.32. The van der Waals surface area contributed by atoms with Gasteiger partial charge in [-0.15, -0.1) is 0 Å². The van der Waals surface area contributed by atoms with E-state index in [1.54, 1.807) is 6.20 Å². The summed E-state index contributed by atoms with van der Waals surface area (Å²) in [6, 6.07) is 1.64. The Balaban J connectivity index is 2.52. The number of pyridine rings is 1. The summed E-state index contributed by atoms with van der Waals surface area (Å²) in [5.74, 6) is -0.292. The predicted molar refractivity (Wildman–Crippen MR) is 66.3 cm³/mol. The largest absolute Gasteiger partial charge is 0.381 e. The van der Waals surface area contributed by atoms with E-state index >= 15 is 0 Å². The first-order valence-electron chi connectivity index (χ1n) is 6.19. The molecule has 0 spiro atoms. The summed E-state index contributed by atoms with van der Waals surface area (Å²) < 4.78 is 18.5. The number of ether oxygens (including phenoxy) is 1. The Morgan fingerprint density at radius 3 is 2.82 bits per heavy atom. The van der Waals surface area contributed by atoms with Gasteiger partial charge in [-0.2, -0.15) is 0 Å². The van der Waals surface area contributed by atoms with Crippen molar-refractivity contribution in [2.45, 2.75) is 32.7 Å². The number of nitrogens with one attached hydrogen (secondary N) is 1. The van der Waals surface area contributed by atoms with Crippen LogP contribution in [0.1, 0.15) is 38.3 Å². The molecule has 0 aliphatic rings. The van der Waals surface area contributed by atoms with Crippen molar-refractivity contribution in [3.8, 4) is 0 Å². The number of nitrogens with zero attached hydrogens (tertiary/aromatic N) is 1. The molecule has 1 rings (SSSR count). The molecule has 3 nitrogen and oxygen atoms in total. The quantitative estimate of drug-likeness (QED) is 0.709. The van der Waals surface area contributed by atoms with Crippen molar-refractivity contribution in [2.75, 3.05) is 19.8 Å². The fourth-order valence-electron chi connectivity index (χ4n) is 1.70. The molecule has 1 heterocycles. The highest BCUT2D eigenvalue weighted by Crippen LogP contribution is 2.16. The first kappa shape index (κ1) is 14.1. The minimum atomic E-state index is -0.292. The molecular formula is C13H21FN2O. The van der Waals surface area contributed by atoms with E-state index < -0.39 is 0 Å². The zero-order valence-corrected chi connectivity index (χ0v) is 10.6. The Morgan fingerprint density at radius 1 is 1.35 bits per heavy atom. The van der Waals surface area contributed by atoms with Crippen LogP contribution in [0.15, 0.2) is 18.5 Å². The number of hydrogen-bond acceptors (Lipinski definition) is 3. The van der Waals surface area contributed by atoms with E-state index in [0.29, 0.717) is 6.61 Å². The van der Waals surface area contributed by atoms with Gasteiger partial charge in [0.1, 0.15) is 5.82 Å². The second-order valence-corrected chi connectivity index (χ2v) is 3.95. The van der Waals surface area contributed by atoms with Gasteiger partial charge in [-0.25, -0.2) is 4.39 Å². The molecule has 0 aliphatic heterocycles. The molecule has 0 bridgehead atoms. The lowest BCUT2D eigenvalue weighted by Crippen LogP contribution is -2.22. The molecule has 0 amide bonds. The topological polar surface area (TPSA) is 34.1 Å². The minimum Gasteiger partial charge on any atom is -0.381 e. The third-order valence-corrected chi connectivity index (χ3v) is 2.48. The zero-order valence-electron chi connectivity index (χ0n) is 10.6. The van der Waals surface area contributed by atoms with Crippen molar-refractivity contribution in [1.82, 2.24) is 10.3 Å². The van der Waals surface area contributed by atoms with Crippen LogP contribution in [-0.4, -0.2) is 24.7 Å². The van der Waals surface area contributed by atoms with Crippen molar-refractivity contribution in [3.63, 3.8) is 0 Å². The van der Waals surface area contributed by atoms with Crippen LogP contribution in [0.2, 0.25) is 0 Å². The third-order valence-electron chi connectivity index (χ3n) is 2.48. The summed E-state index contributed by atoms with van der Waals surface area (Å²) >= 11 is 0. The fraction of sp³-hybridized carbons (Fsp3) is 0.615. The average Bonchev–Trinajstić information content (AvgIpc) is 2.33. The van der Waals surface area contributed by atoms with Crippen LogP contribution in [0.5, 0.6) is 0 Å². The van der Waals surface area contributed by atoms with Gasteiger partial charge >= 0.3 is 0 Å². The molecule has 1 atom stereocenters. The van der Waals surface area contributed by atoms with Gasteiger partial charge in [-0.05, 0) is 31.0 Å². The Labute approximate surface area is 102 Å². The van der Waals surface area contributed by atoms with Gasteiger partial charge in [-0.3, -0.25) is 4.98 Å². The molecule has 0 saturated heterocycles. The summed E-state index contributed by atoms with van der Waals surface area (Å²) in [7, 11) is 0. The number of hydrogen-bond donors (Lipinski definition) is 1. The van der Waals surface area contributed by atoms with Crippen LogP contribution in [0.25, 0.3) is 0 Å². The van der Waals surface area contributed by atoms with E-state index in [0.717, 1.165) is 31.6 Å². The molecule has 0 radical (unpaired) electrons. The highest BCUT2D eigenvalue weighted by Gasteiger charge is 2.11. The molecule has 1 aromatic heterocycles. The maximum Gasteiger partial charge on any atom is 0.141 e. The van der Waals surface area contributed by atoms with Crippen molar-refractivity contribution >= 4 is 0 Å². The van der Waals surface area contributed by atoms with Crippen LogP contribution in [0, 0.1) is 5.82 Å². The molecule has 1 aromatic rings. The van der Waals surface area contributed by atoms with Crippen LogP contribution in [-0.2, 0) is 4.74 Å². The lowest BCUT2D eigenvalue weighted by Gasteiger charge is -2.18. The van der Waals surface area contributed by atoms with Crippen molar-refractivity contribution in [1.29, 1.82) is 0 Å². The maximum absolute atomic E-state index is 13.1. The third kappa shape index (κ3) is 5.24. The van der Waals surface area contributed by atoms with Crippen LogP contribution in [0.3, 0.4) is 0 Å². The second-order valence-electron chi connectivity index (χ2n) is 3.95. The highest BCUT2D eigenvalue weighted by atomic mass is 19.1. The Morgan fingerprint density at radius 2 is 2.18 bits per heavy atom. The molecule has 4 heteroatoms. The van der Waals surface area contributed by atoms with Gasteiger partial charge in [-0.1, -0.05) is 13.8 Å². The normalized spacial score (nSPS) is 12.6. The van der Waals surface area contributed by atoms with Gasteiger partial charge in [0, 0.05) is 25.5 Å². The number of aromatic nitrogens is 1. The summed E-state index contributed by atoms with van der Waals surface area (Å²) in [6.07, 6.45) is 4.78. The Bertz CT molecular complexity index is 320. The Kier molecular flexibility index (Phi) is 6.74. The molecule has 0 aliphatic carbocycles. The monoisotopic (exact) mass is 240 g/mol. The number of halogens is 1. The van der Waals surface area contributed by atoms with Gasteiger partial charge < -0.3 is 10.1 Å². The van der Waals surface area contributed by atoms with E-state index in [2.05, 4.69) is 17.2 Å². The minimum absolute atomic E-state index is 0.111. The van der Waals surface area contributed by atoms with Gasteiger partial charge in [0.15, 0.2) is 0 Å². The van der Waals surface area contributed by atoms with Gasteiger partial charge in [0.05, 0.1) is 6.20 Å². The van der Waals surface area contributed by atoms with Crippen molar-refractivity contribution in [3.05, 3.63) is 29.8 Å². The van der Waals surface area contributed by atoms with Crippen molar-refractivity contribution in [2.24, 2.45) is 0 Å². The Hall–Kier alpha value is -1.00. The van der Waals surface area contributed by atoms with Crippen LogP contribution in [0.4, 0.5) is 4.39 Å². The standard InChI is InChI=1S/C13H21FN2O/c1-3-6-17-7-5-13(16-4-2)11-8-12(14)10-15-9-11/h8-10,13,16H,3-7H2,1-2H3. The summed E-state index contributed by atoms with van der Waals surface area (Å²) in [4.78, 5) is 3.88. The van der Waals surface area contributed by atoms with E-state index in [4.69, 9.17) is 4.74 Å². The van der Waals surface area contributed by atoms with Gasteiger partial charge in [0.2, 0.25) is 0 Å². The van der Waals surface area contributed by atoms with E-state index in [1.165, 1.54) is 12.3 Å². The molecule has 96 valence electrons. The smallest absolute Gasteiger partial charge is 0.141 e. The molecule has 0 aromatic carbocycles. The lowest BCUT2D eigenvalue weighted by atomic mass is 10.1. The average molecular weight is 240 g/mol. The van der Waals surface area contributed by atoms with Gasteiger partial charge in [0.25, 0.3) is 0 Å². The molecular weight excluding hydrogens is 219 g/mol. The van der Waals surface area contributed by atoms with E-state index in [-0.39, 0.29) is 11.9 Å².